The molecule has 0 heterocycles. The van der Waals surface area contributed by atoms with Gasteiger partial charge < -0.3 is 16.2 Å². The van der Waals surface area contributed by atoms with Gasteiger partial charge in [0.1, 0.15) is 5.82 Å². The molecule has 0 aromatic rings. The van der Waals surface area contributed by atoms with Crippen LogP contribution in [0.25, 0.3) is 0 Å². The third kappa shape index (κ3) is 3.93. The molecular formula is C9H16N2O4S. The maximum atomic E-state index is 11.4. The third-order valence-electron chi connectivity index (χ3n) is 1.68. The average Bonchev–Trinajstić information content (AvgIpc) is 2.17. The van der Waals surface area contributed by atoms with Crippen LogP contribution in [0.2, 0.25) is 0 Å². The Morgan fingerprint density at radius 1 is 1.44 bits per heavy atom. The van der Waals surface area contributed by atoms with Gasteiger partial charge in [-0.15, -0.1) is 0 Å². The summed E-state index contributed by atoms with van der Waals surface area (Å²) >= 11 is 0. The van der Waals surface area contributed by atoms with E-state index >= 15 is 0 Å². The van der Waals surface area contributed by atoms with Crippen molar-refractivity contribution in [2.75, 3.05) is 6.61 Å². The van der Waals surface area contributed by atoms with E-state index in [0.717, 1.165) is 6.42 Å². The molecule has 0 fully saturated rings. The second-order valence-corrected chi connectivity index (χ2v) is 4.82. The van der Waals surface area contributed by atoms with Crippen molar-refractivity contribution in [3.05, 3.63) is 22.7 Å². The minimum atomic E-state index is -3.98. The summed E-state index contributed by atoms with van der Waals surface area (Å²) in [6, 6.07) is 0. The zero-order chi connectivity index (χ0) is 12.8. The van der Waals surface area contributed by atoms with Gasteiger partial charge in [-0.1, -0.05) is 19.9 Å². The molecule has 0 saturated heterocycles. The normalized spacial score (nSPS) is 10.6. The molecule has 0 bridgehead atoms. The van der Waals surface area contributed by atoms with Crippen LogP contribution in [0.5, 0.6) is 0 Å². The largest absolute Gasteiger partial charge is 0.461 e. The highest BCUT2D eigenvalue weighted by Crippen LogP contribution is 2.11. The molecule has 92 valence electrons. The molecule has 0 aliphatic carbocycles. The van der Waals surface area contributed by atoms with Gasteiger partial charge in [0.05, 0.1) is 6.61 Å². The van der Waals surface area contributed by atoms with Gasteiger partial charge >= 0.3 is 5.97 Å². The highest BCUT2D eigenvalue weighted by atomic mass is 32.2. The van der Waals surface area contributed by atoms with Crippen molar-refractivity contribution in [1.29, 1.82) is 0 Å². The fourth-order valence-electron chi connectivity index (χ4n) is 0.856. The lowest BCUT2D eigenvalue weighted by Crippen LogP contribution is -2.24. The number of rotatable bonds is 6. The van der Waals surface area contributed by atoms with Crippen LogP contribution in [0.15, 0.2) is 22.7 Å². The summed E-state index contributed by atoms with van der Waals surface area (Å²) in [5.41, 5.74) is 10.3. The van der Waals surface area contributed by atoms with E-state index in [4.69, 9.17) is 16.2 Å². The van der Waals surface area contributed by atoms with Crippen molar-refractivity contribution in [1.82, 2.24) is 0 Å². The van der Waals surface area contributed by atoms with Crippen molar-refractivity contribution in [2.24, 2.45) is 11.5 Å². The molecule has 0 amide bonds. The molecule has 0 saturated carbocycles. The summed E-state index contributed by atoms with van der Waals surface area (Å²) in [5, 5.41) is 0.600. The lowest BCUT2D eigenvalue weighted by molar-refractivity contribution is -0.138. The Kier molecular flexibility index (Phi) is 5.59. The van der Waals surface area contributed by atoms with E-state index in [0.29, 0.717) is 11.8 Å². The molecule has 4 N–H and O–H groups in total. The summed E-state index contributed by atoms with van der Waals surface area (Å²) < 4.78 is 27.5. The highest BCUT2D eigenvalue weighted by molar-refractivity contribution is 7.98. The average molecular weight is 248 g/mol. The fourth-order valence-corrected chi connectivity index (χ4v) is 1.64. The van der Waals surface area contributed by atoms with Crippen LogP contribution in [-0.2, 0) is 19.4 Å². The Labute approximate surface area is 94.9 Å². The number of unbranched alkanes of at least 4 members (excludes halogenated alkanes) is 1. The van der Waals surface area contributed by atoms with Crippen LogP contribution < -0.4 is 11.5 Å². The summed E-state index contributed by atoms with van der Waals surface area (Å²) in [6.45, 7) is 5.10. The predicted molar refractivity (Wildman–Crippen MR) is 60.4 cm³/mol. The number of esters is 1. The first kappa shape index (κ1) is 14.5. The van der Waals surface area contributed by atoms with Gasteiger partial charge in [-0.25, -0.2) is 13.2 Å². The Bertz CT molecular complexity index is 394. The van der Waals surface area contributed by atoms with Gasteiger partial charge in [0, 0.05) is 5.41 Å². The number of carbonyl (C=O) groups is 1. The molecule has 0 aromatic carbocycles. The third-order valence-corrected chi connectivity index (χ3v) is 3.09. The number of hydrogen-bond donors (Lipinski definition) is 2. The smallest absolute Gasteiger partial charge is 0.353 e. The maximum Gasteiger partial charge on any atom is 0.353 e. The van der Waals surface area contributed by atoms with Gasteiger partial charge in [0.15, 0.2) is 4.91 Å². The van der Waals surface area contributed by atoms with E-state index in [1.54, 1.807) is 0 Å². The van der Waals surface area contributed by atoms with E-state index in [2.05, 4.69) is 6.58 Å². The number of hydrogen-bond acceptors (Lipinski definition) is 6. The van der Waals surface area contributed by atoms with E-state index in [1.165, 1.54) is 0 Å². The van der Waals surface area contributed by atoms with E-state index < -0.39 is 26.5 Å². The molecule has 0 aliphatic rings. The van der Waals surface area contributed by atoms with E-state index in [9.17, 15) is 13.2 Å². The van der Waals surface area contributed by atoms with E-state index in [1.807, 2.05) is 6.92 Å². The highest BCUT2D eigenvalue weighted by Gasteiger charge is 2.26. The number of carbonyl (C=O) groups excluding carboxylic acids is 1. The van der Waals surface area contributed by atoms with Crippen molar-refractivity contribution in [3.8, 4) is 0 Å². The monoisotopic (exact) mass is 248 g/mol. The first-order valence-electron chi connectivity index (χ1n) is 4.66. The molecule has 0 atom stereocenters. The topological polar surface area (TPSA) is 112 Å². The Balaban J connectivity index is 4.93. The van der Waals surface area contributed by atoms with Gasteiger partial charge in [-0.2, -0.15) is 0 Å². The zero-order valence-electron chi connectivity index (χ0n) is 9.10. The van der Waals surface area contributed by atoms with Crippen LogP contribution in [0.3, 0.4) is 0 Å². The second kappa shape index (κ2) is 6.16. The van der Waals surface area contributed by atoms with Crippen molar-refractivity contribution < 1.29 is 17.9 Å². The Morgan fingerprint density at radius 3 is 2.38 bits per heavy atom. The number of nitrogens with two attached hydrogens (primary N) is 2. The molecule has 0 aromatic heterocycles. The van der Waals surface area contributed by atoms with Crippen LogP contribution in [-0.4, -0.2) is 21.0 Å². The molecule has 0 aliphatic heterocycles. The summed E-state index contributed by atoms with van der Waals surface area (Å²) in [5.74, 6) is -1.64. The van der Waals surface area contributed by atoms with Gasteiger partial charge in [-0.05, 0) is 6.42 Å². The second-order valence-electron chi connectivity index (χ2n) is 2.99. The predicted octanol–water partition coefficient (Wildman–Crippen LogP) is -0.0255. The first-order valence-corrected chi connectivity index (χ1v) is 6.21. The van der Waals surface area contributed by atoms with Crippen molar-refractivity contribution >= 4 is 15.8 Å². The fraction of sp³-hybridized carbons (Fsp3) is 0.444. The van der Waals surface area contributed by atoms with Crippen molar-refractivity contribution in [3.63, 3.8) is 0 Å². The lowest BCUT2D eigenvalue weighted by atomic mass is 10.4. The molecule has 0 unspecified atom stereocenters. The molecular weight excluding hydrogens is 232 g/mol. The van der Waals surface area contributed by atoms with Gasteiger partial charge in [-0.3, -0.25) is 0 Å². The Hall–Kier alpha value is -1.50. The number of sulfone groups is 1. The quantitative estimate of drug-likeness (QED) is 0.388. The van der Waals surface area contributed by atoms with Gasteiger partial charge in [0.25, 0.3) is 0 Å². The zero-order valence-corrected chi connectivity index (χ0v) is 9.92. The lowest BCUT2D eigenvalue weighted by Gasteiger charge is -2.07. The van der Waals surface area contributed by atoms with Crippen LogP contribution in [0, 0.1) is 0 Å². The standard InChI is InChI=1S/C9H16N2O4S/c1-3-5-6-15-9(12)7(8(10)11)16(13,14)4-2/h4H,2-3,5-6,10-11H2,1H3. The molecule has 0 rings (SSSR count). The maximum absolute atomic E-state index is 11.4. The molecule has 7 heteroatoms. The minimum Gasteiger partial charge on any atom is -0.461 e. The van der Waals surface area contributed by atoms with Crippen LogP contribution in [0.1, 0.15) is 19.8 Å². The van der Waals surface area contributed by atoms with Crippen LogP contribution >= 0.6 is 0 Å². The first-order chi connectivity index (χ1) is 7.36. The van der Waals surface area contributed by atoms with Crippen molar-refractivity contribution in [2.45, 2.75) is 19.8 Å². The minimum absolute atomic E-state index is 0.124. The van der Waals surface area contributed by atoms with Gasteiger partial charge in [0.2, 0.25) is 9.84 Å². The molecule has 0 spiro atoms. The molecule has 0 radical (unpaired) electrons. The Morgan fingerprint density at radius 2 is 2.00 bits per heavy atom. The SMILES string of the molecule is C=CS(=O)(=O)C(C(=O)OCCCC)=C(N)N. The summed E-state index contributed by atoms with van der Waals surface area (Å²) in [7, 11) is -3.98. The number of ether oxygens (including phenoxy) is 1. The molecule has 16 heavy (non-hydrogen) atoms. The molecule has 6 nitrogen and oxygen atoms in total. The van der Waals surface area contributed by atoms with Crippen LogP contribution in [0.4, 0.5) is 0 Å². The summed E-state index contributed by atoms with van der Waals surface area (Å²) in [6.07, 6.45) is 1.45. The summed E-state index contributed by atoms with van der Waals surface area (Å²) in [4.78, 5) is 10.6. The van der Waals surface area contributed by atoms with E-state index in [-0.39, 0.29) is 6.61 Å².